The number of rotatable bonds is 8. The Hall–Kier alpha value is -5.68. The molecule has 2 aliphatic rings. The number of anilines is 1. The zero-order valence-corrected chi connectivity index (χ0v) is 27.4. The Morgan fingerprint density at radius 2 is 1.35 bits per heavy atom. The molecule has 8 heteroatoms. The highest BCUT2D eigenvalue weighted by Crippen LogP contribution is 2.32. The van der Waals surface area contributed by atoms with Crippen molar-refractivity contribution < 1.29 is 14.4 Å². The molecule has 0 bridgehead atoms. The fourth-order valence-electron chi connectivity index (χ4n) is 6.94. The van der Waals surface area contributed by atoms with Crippen LogP contribution in [-0.2, 0) is 27.2 Å². The van der Waals surface area contributed by atoms with Gasteiger partial charge in [0.1, 0.15) is 5.82 Å². The Balaban J connectivity index is 0.945. The molecule has 8 nitrogen and oxygen atoms in total. The number of nitrogens with zero attached hydrogens (tertiary/aromatic N) is 3. The monoisotopic (exact) mass is 649 g/mol. The largest absolute Gasteiger partial charge is 0.340 e. The number of amides is 3. The van der Waals surface area contributed by atoms with Crippen molar-refractivity contribution in [2.75, 3.05) is 18.4 Å². The molecule has 2 fully saturated rings. The summed E-state index contributed by atoms with van der Waals surface area (Å²) in [4.78, 5) is 51.1. The zero-order chi connectivity index (χ0) is 33.6. The molecular weight excluding hydrogens is 610 g/mol. The number of aromatic nitrogens is 2. The van der Waals surface area contributed by atoms with Gasteiger partial charge in [0.25, 0.3) is 0 Å². The average molecular weight is 650 g/mol. The van der Waals surface area contributed by atoms with Gasteiger partial charge in [-0.2, -0.15) is 0 Å². The highest BCUT2D eigenvalue weighted by Gasteiger charge is 2.32. The van der Waals surface area contributed by atoms with Crippen LogP contribution >= 0.6 is 0 Å². The predicted molar refractivity (Wildman–Crippen MR) is 190 cm³/mol. The molecule has 0 unspecified atom stereocenters. The van der Waals surface area contributed by atoms with Crippen molar-refractivity contribution in [2.24, 2.45) is 0 Å². The van der Waals surface area contributed by atoms with Gasteiger partial charge in [-0.15, -0.1) is 0 Å². The Morgan fingerprint density at radius 3 is 2.06 bits per heavy atom. The number of aromatic amines is 1. The minimum absolute atomic E-state index is 0.0589. The normalized spacial score (nSPS) is 17.1. The Morgan fingerprint density at radius 1 is 0.735 bits per heavy atom. The van der Waals surface area contributed by atoms with Crippen molar-refractivity contribution in [1.82, 2.24) is 19.8 Å². The van der Waals surface area contributed by atoms with E-state index in [1.165, 1.54) is 0 Å². The average Bonchev–Trinajstić information content (AvgIpc) is 3.89. The lowest BCUT2D eigenvalue weighted by atomic mass is 10.1. The first-order valence-electron chi connectivity index (χ1n) is 17.1. The summed E-state index contributed by atoms with van der Waals surface area (Å²) in [6.45, 7) is 1.43. The van der Waals surface area contributed by atoms with E-state index in [1.807, 2.05) is 113 Å². The van der Waals surface area contributed by atoms with E-state index in [2.05, 4.69) is 22.1 Å². The van der Waals surface area contributed by atoms with Crippen LogP contribution in [0.25, 0.3) is 11.0 Å². The van der Waals surface area contributed by atoms with Gasteiger partial charge in [0, 0.05) is 42.4 Å². The first kappa shape index (κ1) is 31.9. The van der Waals surface area contributed by atoms with Gasteiger partial charge in [-0.3, -0.25) is 14.4 Å². The van der Waals surface area contributed by atoms with E-state index in [4.69, 9.17) is 4.98 Å². The van der Waals surface area contributed by atoms with Crippen LogP contribution in [0.1, 0.15) is 66.2 Å². The van der Waals surface area contributed by atoms with Crippen LogP contribution in [0.2, 0.25) is 0 Å². The molecule has 0 radical (unpaired) electrons. The zero-order valence-electron chi connectivity index (χ0n) is 27.4. The van der Waals surface area contributed by atoms with E-state index in [0.717, 1.165) is 71.3 Å². The second-order valence-corrected chi connectivity index (χ2v) is 12.9. The van der Waals surface area contributed by atoms with Crippen molar-refractivity contribution in [3.05, 3.63) is 131 Å². The second-order valence-electron chi connectivity index (χ2n) is 12.9. The van der Waals surface area contributed by atoms with Gasteiger partial charge < -0.3 is 20.1 Å². The summed E-state index contributed by atoms with van der Waals surface area (Å²) in [5.74, 6) is 7.37. The van der Waals surface area contributed by atoms with Gasteiger partial charge >= 0.3 is 0 Å². The molecule has 2 saturated heterocycles. The second kappa shape index (κ2) is 14.6. The van der Waals surface area contributed by atoms with E-state index in [0.29, 0.717) is 25.1 Å². The van der Waals surface area contributed by atoms with E-state index < -0.39 is 0 Å². The fraction of sp³-hybridized carbons (Fsp3) is 0.268. The Kier molecular flexibility index (Phi) is 9.51. The summed E-state index contributed by atoms with van der Waals surface area (Å²) in [5, 5.41) is 2.99. The third-order valence-electron chi connectivity index (χ3n) is 9.42. The van der Waals surface area contributed by atoms with E-state index in [-0.39, 0.29) is 36.2 Å². The Labute approximate surface area is 286 Å². The maximum atomic E-state index is 13.1. The highest BCUT2D eigenvalue weighted by molar-refractivity contribution is 5.91. The number of likely N-dealkylation sites (tertiary alicyclic amines) is 2. The summed E-state index contributed by atoms with van der Waals surface area (Å²) in [7, 11) is 0. The van der Waals surface area contributed by atoms with Crippen molar-refractivity contribution >= 4 is 34.4 Å². The topological polar surface area (TPSA) is 98.4 Å². The summed E-state index contributed by atoms with van der Waals surface area (Å²) < 4.78 is 0. The number of benzene rings is 4. The summed E-state index contributed by atoms with van der Waals surface area (Å²) in [6.07, 6.45) is 4.62. The number of hydrogen-bond donors (Lipinski definition) is 2. The van der Waals surface area contributed by atoms with Crippen LogP contribution in [0, 0.1) is 11.8 Å². The van der Waals surface area contributed by atoms with Gasteiger partial charge in [0.15, 0.2) is 0 Å². The highest BCUT2D eigenvalue weighted by atomic mass is 16.2. The smallest absolute Gasteiger partial charge is 0.227 e. The third-order valence-corrected chi connectivity index (χ3v) is 9.42. The van der Waals surface area contributed by atoms with Gasteiger partial charge in [0.05, 0.1) is 29.9 Å². The van der Waals surface area contributed by atoms with Crippen LogP contribution in [0.3, 0.4) is 0 Å². The SMILES string of the molecule is O=C(C[C@@H]1CCCN1C(=O)Cc1ccccc1)Nc1ccc(C#Cc2ccc3nc([C@@H]4CCCN4C(=O)Cc4ccccc4)[nH]c3c2)cc1. The molecular formula is C41H39N5O3. The van der Waals surface area contributed by atoms with Crippen LogP contribution in [0.5, 0.6) is 0 Å². The van der Waals surface area contributed by atoms with Gasteiger partial charge in [-0.1, -0.05) is 72.5 Å². The molecule has 2 atom stereocenters. The molecule has 0 aliphatic carbocycles. The van der Waals surface area contributed by atoms with E-state index in [1.54, 1.807) is 0 Å². The fourth-order valence-corrected chi connectivity index (χ4v) is 6.94. The lowest BCUT2D eigenvalue weighted by Gasteiger charge is -2.24. The molecule has 3 amide bonds. The quantitative estimate of drug-likeness (QED) is 0.189. The minimum atomic E-state index is -0.100. The molecule has 0 saturated carbocycles. The molecule has 1 aromatic heterocycles. The number of imidazole rings is 1. The van der Waals surface area contributed by atoms with Crippen molar-refractivity contribution in [3.8, 4) is 11.8 Å². The maximum absolute atomic E-state index is 13.1. The van der Waals surface area contributed by atoms with Gasteiger partial charge in [0.2, 0.25) is 17.7 Å². The summed E-state index contributed by atoms with van der Waals surface area (Å²) in [5.41, 5.74) is 6.13. The lowest BCUT2D eigenvalue weighted by molar-refractivity contribution is -0.132. The molecule has 7 rings (SSSR count). The molecule has 5 aromatic rings. The number of carbonyl (C=O) groups is 3. The molecule has 0 spiro atoms. The van der Waals surface area contributed by atoms with Crippen molar-refractivity contribution in [1.29, 1.82) is 0 Å². The molecule has 4 aromatic carbocycles. The van der Waals surface area contributed by atoms with Crippen molar-refractivity contribution in [2.45, 2.75) is 57.0 Å². The van der Waals surface area contributed by atoms with Gasteiger partial charge in [-0.25, -0.2) is 4.98 Å². The number of carbonyl (C=O) groups excluding carboxylic acids is 3. The first-order chi connectivity index (χ1) is 24.0. The van der Waals surface area contributed by atoms with Crippen LogP contribution in [0.4, 0.5) is 5.69 Å². The van der Waals surface area contributed by atoms with E-state index in [9.17, 15) is 14.4 Å². The van der Waals surface area contributed by atoms with Crippen LogP contribution in [0.15, 0.2) is 103 Å². The molecule has 246 valence electrons. The number of H-pyrrole nitrogens is 1. The lowest BCUT2D eigenvalue weighted by Crippen LogP contribution is -2.38. The van der Waals surface area contributed by atoms with Crippen LogP contribution < -0.4 is 5.32 Å². The first-order valence-corrected chi connectivity index (χ1v) is 17.1. The standard InChI is InChI=1S/C41H39N5O3/c47-38(28-34-13-7-23-45(34)39(48)26-30-9-3-1-4-10-30)42-33-20-17-29(18-21-33)15-16-32-19-22-35-36(25-32)44-41(43-35)37-14-8-24-46(37)40(49)27-31-11-5-2-6-12-31/h1-6,9-12,17-22,25,34,37H,7-8,13-14,23-24,26-28H2,(H,42,47)(H,43,44)/t34-,37-/m0/s1. The summed E-state index contributed by atoms with van der Waals surface area (Å²) >= 11 is 0. The number of hydrogen-bond acceptors (Lipinski definition) is 4. The number of fused-ring (bicyclic) bond motifs is 1. The Bertz CT molecular complexity index is 2010. The molecule has 49 heavy (non-hydrogen) atoms. The predicted octanol–water partition coefficient (Wildman–Crippen LogP) is 6.43. The number of nitrogens with one attached hydrogen (secondary N) is 2. The molecule has 3 heterocycles. The molecule has 2 N–H and O–H groups in total. The molecule has 2 aliphatic heterocycles. The van der Waals surface area contributed by atoms with Gasteiger partial charge in [-0.05, 0) is 79.3 Å². The van der Waals surface area contributed by atoms with Crippen LogP contribution in [-0.4, -0.2) is 56.6 Å². The third kappa shape index (κ3) is 7.73. The minimum Gasteiger partial charge on any atom is -0.340 e. The van der Waals surface area contributed by atoms with Crippen molar-refractivity contribution in [3.63, 3.8) is 0 Å². The summed E-state index contributed by atoms with van der Waals surface area (Å²) in [6, 6.07) is 32.9. The van der Waals surface area contributed by atoms with E-state index >= 15 is 0 Å². The maximum Gasteiger partial charge on any atom is 0.227 e.